The van der Waals surface area contributed by atoms with Gasteiger partial charge in [-0.2, -0.15) is 0 Å². The summed E-state index contributed by atoms with van der Waals surface area (Å²) in [4.78, 5) is 7.68. The Morgan fingerprint density at radius 2 is 1.78 bits per heavy atom. The fraction of sp³-hybridized carbons (Fsp3) is 0.312. The van der Waals surface area contributed by atoms with Crippen molar-refractivity contribution in [1.29, 1.82) is 0 Å². The van der Waals surface area contributed by atoms with Crippen LogP contribution in [0.5, 0.6) is 0 Å². The molecule has 0 atom stereocenters. The molecule has 0 fully saturated rings. The Labute approximate surface area is 144 Å². The zero-order valence-electron chi connectivity index (χ0n) is 13.9. The Kier molecular flexibility index (Phi) is 4.41. The first-order valence-electron chi connectivity index (χ1n) is 7.23. The molecule has 0 bridgehead atoms. The van der Waals surface area contributed by atoms with E-state index in [1.165, 1.54) is 5.69 Å². The van der Waals surface area contributed by atoms with Gasteiger partial charge in [-0.15, -0.1) is 21.5 Å². The third-order valence-corrected chi connectivity index (χ3v) is 5.25. The zero-order chi connectivity index (χ0) is 16.6. The van der Waals surface area contributed by atoms with Gasteiger partial charge in [0.1, 0.15) is 0 Å². The highest BCUT2D eigenvalue weighted by Crippen LogP contribution is 2.33. The number of anilines is 1. The number of rotatable bonds is 4. The number of nitrogens with zero attached hydrogens (tertiary/aromatic N) is 5. The molecule has 0 aliphatic rings. The lowest BCUT2D eigenvalue weighted by Crippen LogP contribution is -2.08. The Morgan fingerprint density at radius 1 is 1.09 bits per heavy atom. The molecule has 3 aromatic rings. The first-order valence-corrected chi connectivity index (χ1v) is 9.27. The number of thiazole rings is 1. The SMILES string of the molecule is CSc1nnc(-c2sc(C)nc2C)n1-c1ccc(N(C)C)cc1. The van der Waals surface area contributed by atoms with E-state index in [1.54, 1.807) is 23.1 Å². The highest BCUT2D eigenvalue weighted by molar-refractivity contribution is 7.98. The number of hydrogen-bond donors (Lipinski definition) is 0. The Bertz CT molecular complexity index is 818. The second-order valence-corrected chi connectivity index (χ2v) is 7.38. The smallest absolute Gasteiger partial charge is 0.195 e. The molecule has 0 aliphatic carbocycles. The molecule has 0 saturated carbocycles. The lowest BCUT2D eigenvalue weighted by molar-refractivity contribution is 0.888. The molecule has 0 saturated heterocycles. The van der Waals surface area contributed by atoms with Crippen LogP contribution in [-0.4, -0.2) is 40.1 Å². The summed E-state index contributed by atoms with van der Waals surface area (Å²) in [6.45, 7) is 4.04. The third-order valence-electron chi connectivity index (χ3n) is 3.55. The van der Waals surface area contributed by atoms with Crippen LogP contribution in [0.15, 0.2) is 29.4 Å². The van der Waals surface area contributed by atoms with Crippen molar-refractivity contribution >= 4 is 28.8 Å². The van der Waals surface area contributed by atoms with Gasteiger partial charge in [0.25, 0.3) is 0 Å². The van der Waals surface area contributed by atoms with Crippen molar-refractivity contribution in [2.24, 2.45) is 0 Å². The molecule has 7 heteroatoms. The number of hydrogen-bond acceptors (Lipinski definition) is 6. The minimum atomic E-state index is 0.857. The van der Waals surface area contributed by atoms with Crippen molar-refractivity contribution in [1.82, 2.24) is 19.7 Å². The van der Waals surface area contributed by atoms with Crippen LogP contribution in [0.1, 0.15) is 10.7 Å². The monoisotopic (exact) mass is 345 g/mol. The highest BCUT2D eigenvalue weighted by Gasteiger charge is 2.19. The predicted octanol–water partition coefficient (Wildman–Crippen LogP) is 3.80. The molecule has 0 spiro atoms. The van der Waals surface area contributed by atoms with Crippen LogP contribution >= 0.6 is 23.1 Å². The predicted molar refractivity (Wildman–Crippen MR) is 98.0 cm³/mol. The number of aromatic nitrogens is 4. The summed E-state index contributed by atoms with van der Waals surface area (Å²) in [6, 6.07) is 8.41. The molecule has 5 nitrogen and oxygen atoms in total. The van der Waals surface area contributed by atoms with E-state index >= 15 is 0 Å². The van der Waals surface area contributed by atoms with Gasteiger partial charge in [-0.1, -0.05) is 11.8 Å². The quantitative estimate of drug-likeness (QED) is 0.673. The van der Waals surface area contributed by atoms with E-state index in [-0.39, 0.29) is 0 Å². The van der Waals surface area contributed by atoms with Crippen molar-refractivity contribution in [2.45, 2.75) is 19.0 Å². The maximum atomic E-state index is 4.52. The molecular formula is C16H19N5S2. The van der Waals surface area contributed by atoms with Gasteiger partial charge in [0.2, 0.25) is 0 Å². The van der Waals surface area contributed by atoms with E-state index in [1.807, 2.05) is 34.2 Å². The normalized spacial score (nSPS) is 11.0. The van der Waals surface area contributed by atoms with Gasteiger partial charge in [-0.3, -0.25) is 4.57 Å². The molecule has 0 amide bonds. The second kappa shape index (κ2) is 6.33. The molecular weight excluding hydrogens is 326 g/mol. The van der Waals surface area contributed by atoms with Gasteiger partial charge >= 0.3 is 0 Å². The van der Waals surface area contributed by atoms with Gasteiger partial charge < -0.3 is 4.90 Å². The van der Waals surface area contributed by atoms with Crippen LogP contribution in [-0.2, 0) is 0 Å². The maximum Gasteiger partial charge on any atom is 0.195 e. The van der Waals surface area contributed by atoms with Crippen LogP contribution in [0.3, 0.4) is 0 Å². The van der Waals surface area contributed by atoms with E-state index in [0.29, 0.717) is 0 Å². The minimum absolute atomic E-state index is 0.857. The average molecular weight is 345 g/mol. The number of benzene rings is 1. The van der Waals surface area contributed by atoms with Crippen molar-refractivity contribution in [2.75, 3.05) is 25.3 Å². The second-order valence-electron chi connectivity index (χ2n) is 5.40. The molecule has 23 heavy (non-hydrogen) atoms. The van der Waals surface area contributed by atoms with E-state index in [9.17, 15) is 0 Å². The van der Waals surface area contributed by atoms with Gasteiger partial charge in [-0.05, 0) is 44.4 Å². The van der Waals surface area contributed by atoms with Crippen LogP contribution in [0, 0.1) is 13.8 Å². The molecule has 0 N–H and O–H groups in total. The average Bonchev–Trinajstić information content (AvgIpc) is 3.09. The summed E-state index contributed by atoms with van der Waals surface area (Å²) >= 11 is 3.25. The van der Waals surface area contributed by atoms with Gasteiger partial charge in [0.15, 0.2) is 11.0 Å². The molecule has 0 unspecified atom stereocenters. The lowest BCUT2D eigenvalue weighted by Gasteiger charge is -2.14. The fourth-order valence-corrected chi connectivity index (χ4v) is 3.81. The number of aryl methyl sites for hydroxylation is 2. The first kappa shape index (κ1) is 16.0. The molecule has 1 aromatic carbocycles. The minimum Gasteiger partial charge on any atom is -0.378 e. The summed E-state index contributed by atoms with van der Waals surface area (Å²) in [5.41, 5.74) is 3.23. The summed E-state index contributed by atoms with van der Waals surface area (Å²) in [7, 11) is 4.08. The lowest BCUT2D eigenvalue weighted by atomic mass is 10.2. The third kappa shape index (κ3) is 2.98. The van der Waals surface area contributed by atoms with Crippen molar-refractivity contribution in [3.63, 3.8) is 0 Å². The van der Waals surface area contributed by atoms with E-state index in [4.69, 9.17) is 0 Å². The van der Waals surface area contributed by atoms with Crippen molar-refractivity contribution < 1.29 is 0 Å². The van der Waals surface area contributed by atoms with Crippen molar-refractivity contribution in [3.05, 3.63) is 35.0 Å². The maximum absolute atomic E-state index is 4.52. The molecule has 0 aliphatic heterocycles. The summed E-state index contributed by atoms with van der Waals surface area (Å²) in [5, 5.41) is 10.7. The Balaban J connectivity index is 2.14. The van der Waals surface area contributed by atoms with E-state index < -0.39 is 0 Å². The van der Waals surface area contributed by atoms with Gasteiger partial charge in [0, 0.05) is 25.5 Å². The summed E-state index contributed by atoms with van der Waals surface area (Å²) in [5.74, 6) is 0.857. The largest absolute Gasteiger partial charge is 0.378 e. The first-order chi connectivity index (χ1) is 11.0. The molecule has 120 valence electrons. The van der Waals surface area contributed by atoms with Gasteiger partial charge in [0.05, 0.1) is 15.6 Å². The van der Waals surface area contributed by atoms with Gasteiger partial charge in [-0.25, -0.2) is 4.98 Å². The Morgan fingerprint density at radius 3 is 2.30 bits per heavy atom. The molecule has 3 rings (SSSR count). The molecule has 2 heterocycles. The van der Waals surface area contributed by atoms with Crippen LogP contribution in [0.25, 0.3) is 16.4 Å². The Hall–Kier alpha value is -1.86. The van der Waals surface area contributed by atoms with Crippen LogP contribution in [0.2, 0.25) is 0 Å². The zero-order valence-corrected chi connectivity index (χ0v) is 15.5. The fourth-order valence-electron chi connectivity index (χ4n) is 2.42. The highest BCUT2D eigenvalue weighted by atomic mass is 32.2. The molecule has 0 radical (unpaired) electrons. The molecule has 2 aromatic heterocycles. The van der Waals surface area contributed by atoms with Crippen LogP contribution in [0.4, 0.5) is 5.69 Å². The van der Waals surface area contributed by atoms with E-state index in [2.05, 4.69) is 48.9 Å². The topological polar surface area (TPSA) is 46.8 Å². The summed E-state index contributed by atoms with van der Waals surface area (Å²) < 4.78 is 2.10. The summed E-state index contributed by atoms with van der Waals surface area (Å²) in [6.07, 6.45) is 2.02. The number of thioether (sulfide) groups is 1. The standard InChI is InChI=1S/C16H19N5S2/c1-10-14(23-11(2)17-10)15-18-19-16(22-5)21(15)13-8-6-12(7-9-13)20(3)4/h6-9H,1-5H3. The van der Waals surface area contributed by atoms with Crippen molar-refractivity contribution in [3.8, 4) is 16.4 Å². The van der Waals surface area contributed by atoms with E-state index in [0.717, 1.165) is 32.2 Å². The van der Waals surface area contributed by atoms with Crippen LogP contribution < -0.4 is 4.90 Å².